The standard InChI is InChI=1S/C21H17F3N2/c22-21(23,24)18-13-11-17(12-14-18)15-16-25-26(19-7-3-1-4-8-19)20-9-5-2-6-10-20/h1-14,16H,15H2/b25-16+. The number of hydrogen-bond acceptors (Lipinski definition) is 2. The van der Waals surface area contributed by atoms with E-state index < -0.39 is 11.7 Å². The Bertz CT molecular complexity index is 802. The Morgan fingerprint density at radius 3 is 1.69 bits per heavy atom. The van der Waals surface area contributed by atoms with Gasteiger partial charge in [0.15, 0.2) is 0 Å². The molecule has 5 heteroatoms. The average Bonchev–Trinajstić information content (AvgIpc) is 2.66. The molecule has 0 heterocycles. The van der Waals surface area contributed by atoms with Crippen LogP contribution >= 0.6 is 0 Å². The van der Waals surface area contributed by atoms with E-state index in [-0.39, 0.29) is 0 Å². The minimum atomic E-state index is -4.32. The molecule has 0 amide bonds. The molecule has 0 aromatic heterocycles. The number of rotatable bonds is 5. The molecule has 3 rings (SSSR count). The Labute approximate surface area is 150 Å². The van der Waals surface area contributed by atoms with Crippen LogP contribution < -0.4 is 5.01 Å². The van der Waals surface area contributed by atoms with E-state index in [2.05, 4.69) is 5.10 Å². The summed E-state index contributed by atoms with van der Waals surface area (Å²) in [6.45, 7) is 0. The third kappa shape index (κ3) is 4.51. The van der Waals surface area contributed by atoms with Crippen LogP contribution in [0.4, 0.5) is 24.5 Å². The molecular weight excluding hydrogens is 337 g/mol. The first-order valence-electron chi connectivity index (χ1n) is 8.13. The summed E-state index contributed by atoms with van der Waals surface area (Å²) in [7, 11) is 0. The smallest absolute Gasteiger partial charge is 0.234 e. The third-order valence-electron chi connectivity index (χ3n) is 3.81. The second-order valence-electron chi connectivity index (χ2n) is 5.68. The van der Waals surface area contributed by atoms with Crippen LogP contribution in [0.15, 0.2) is 90.0 Å². The first kappa shape index (κ1) is 17.7. The van der Waals surface area contributed by atoms with Crippen molar-refractivity contribution in [2.45, 2.75) is 12.6 Å². The quantitative estimate of drug-likeness (QED) is 0.401. The molecule has 0 fully saturated rings. The van der Waals surface area contributed by atoms with Gasteiger partial charge < -0.3 is 0 Å². The lowest BCUT2D eigenvalue weighted by Crippen LogP contribution is -2.09. The van der Waals surface area contributed by atoms with Crippen molar-refractivity contribution in [3.63, 3.8) is 0 Å². The third-order valence-corrected chi connectivity index (χ3v) is 3.81. The Hall–Kier alpha value is -3.08. The summed E-state index contributed by atoms with van der Waals surface area (Å²) >= 11 is 0. The van der Waals surface area contributed by atoms with Crippen LogP contribution in [0.2, 0.25) is 0 Å². The van der Waals surface area contributed by atoms with Gasteiger partial charge in [-0.1, -0.05) is 48.5 Å². The van der Waals surface area contributed by atoms with Gasteiger partial charge in [-0.05, 0) is 42.0 Å². The number of nitrogens with zero attached hydrogens (tertiary/aromatic N) is 2. The Morgan fingerprint density at radius 1 is 0.731 bits per heavy atom. The first-order chi connectivity index (χ1) is 12.5. The zero-order chi connectivity index (χ0) is 18.4. The molecule has 0 radical (unpaired) electrons. The summed E-state index contributed by atoms with van der Waals surface area (Å²) in [4.78, 5) is 0. The second-order valence-corrected chi connectivity index (χ2v) is 5.68. The van der Waals surface area contributed by atoms with Crippen LogP contribution in [-0.4, -0.2) is 6.21 Å². The van der Waals surface area contributed by atoms with Crippen molar-refractivity contribution in [3.8, 4) is 0 Å². The lowest BCUT2D eigenvalue weighted by Gasteiger charge is -2.19. The highest BCUT2D eigenvalue weighted by Gasteiger charge is 2.29. The molecule has 0 saturated carbocycles. The molecular formula is C21H17F3N2. The Kier molecular flexibility index (Phi) is 5.37. The fourth-order valence-electron chi connectivity index (χ4n) is 2.48. The number of anilines is 2. The van der Waals surface area contributed by atoms with Gasteiger partial charge in [0.05, 0.1) is 16.9 Å². The normalized spacial score (nSPS) is 11.7. The minimum absolute atomic E-state index is 0.439. The first-order valence-corrected chi connectivity index (χ1v) is 8.13. The van der Waals surface area contributed by atoms with E-state index in [9.17, 15) is 13.2 Å². The molecule has 0 spiro atoms. The van der Waals surface area contributed by atoms with E-state index in [1.165, 1.54) is 12.1 Å². The van der Waals surface area contributed by atoms with Crippen molar-refractivity contribution in [2.75, 3.05) is 5.01 Å². The average molecular weight is 354 g/mol. The topological polar surface area (TPSA) is 15.6 Å². The van der Waals surface area contributed by atoms with Crippen molar-refractivity contribution >= 4 is 17.6 Å². The van der Waals surface area contributed by atoms with E-state index >= 15 is 0 Å². The van der Waals surface area contributed by atoms with Gasteiger partial charge in [-0.2, -0.15) is 18.3 Å². The monoisotopic (exact) mass is 354 g/mol. The van der Waals surface area contributed by atoms with Crippen molar-refractivity contribution < 1.29 is 13.2 Å². The van der Waals surface area contributed by atoms with Gasteiger partial charge in [-0.3, -0.25) is 0 Å². The minimum Gasteiger partial charge on any atom is -0.234 e. The number of hydrazone groups is 1. The summed E-state index contributed by atoms with van der Waals surface area (Å²) in [5, 5.41) is 6.31. The highest BCUT2D eigenvalue weighted by atomic mass is 19.4. The lowest BCUT2D eigenvalue weighted by molar-refractivity contribution is -0.137. The van der Waals surface area contributed by atoms with E-state index in [1.54, 1.807) is 11.2 Å². The molecule has 0 aliphatic heterocycles. The number of hydrogen-bond donors (Lipinski definition) is 0. The molecule has 0 aliphatic rings. The van der Waals surface area contributed by atoms with Crippen LogP contribution in [0.5, 0.6) is 0 Å². The van der Waals surface area contributed by atoms with Gasteiger partial charge in [0, 0.05) is 12.6 Å². The number of benzene rings is 3. The molecule has 0 saturated heterocycles. The van der Waals surface area contributed by atoms with E-state index in [0.29, 0.717) is 6.42 Å². The van der Waals surface area contributed by atoms with Gasteiger partial charge >= 0.3 is 6.18 Å². The van der Waals surface area contributed by atoms with E-state index in [1.807, 2.05) is 60.7 Å². The maximum atomic E-state index is 12.6. The van der Waals surface area contributed by atoms with Gasteiger partial charge in [-0.25, -0.2) is 5.01 Å². The molecule has 0 atom stereocenters. The highest BCUT2D eigenvalue weighted by molar-refractivity contribution is 5.69. The Balaban J connectivity index is 1.77. The molecule has 3 aromatic carbocycles. The molecule has 0 unspecified atom stereocenters. The van der Waals surface area contributed by atoms with Crippen LogP contribution in [-0.2, 0) is 12.6 Å². The summed E-state index contributed by atoms with van der Waals surface area (Å²) in [5.41, 5.74) is 1.93. The van der Waals surface area contributed by atoms with Crippen LogP contribution in [0.3, 0.4) is 0 Å². The summed E-state index contributed by atoms with van der Waals surface area (Å²) in [6.07, 6.45) is -2.18. The largest absolute Gasteiger partial charge is 0.416 e. The van der Waals surface area contributed by atoms with Gasteiger partial charge in [-0.15, -0.1) is 0 Å². The fraction of sp³-hybridized carbons (Fsp3) is 0.0952. The van der Waals surface area contributed by atoms with E-state index in [4.69, 9.17) is 0 Å². The van der Waals surface area contributed by atoms with Crippen molar-refractivity contribution in [2.24, 2.45) is 5.10 Å². The predicted octanol–water partition coefficient (Wildman–Crippen LogP) is 6.07. The fourth-order valence-corrected chi connectivity index (χ4v) is 2.48. The maximum absolute atomic E-state index is 12.6. The summed E-state index contributed by atoms with van der Waals surface area (Å²) < 4.78 is 37.9. The molecule has 0 N–H and O–H groups in total. The van der Waals surface area contributed by atoms with Crippen molar-refractivity contribution in [3.05, 3.63) is 96.1 Å². The zero-order valence-electron chi connectivity index (χ0n) is 13.9. The summed E-state index contributed by atoms with van der Waals surface area (Å²) in [6, 6.07) is 24.5. The van der Waals surface area contributed by atoms with Crippen LogP contribution in [0.1, 0.15) is 11.1 Å². The second kappa shape index (κ2) is 7.87. The predicted molar refractivity (Wildman–Crippen MR) is 98.7 cm³/mol. The van der Waals surface area contributed by atoms with Crippen LogP contribution in [0, 0.1) is 0 Å². The molecule has 0 bridgehead atoms. The molecule has 132 valence electrons. The van der Waals surface area contributed by atoms with Crippen molar-refractivity contribution in [1.82, 2.24) is 0 Å². The Morgan fingerprint density at radius 2 is 1.23 bits per heavy atom. The molecule has 0 aliphatic carbocycles. The molecule has 26 heavy (non-hydrogen) atoms. The lowest BCUT2D eigenvalue weighted by atomic mass is 10.1. The SMILES string of the molecule is FC(F)(F)c1ccc(C/C=N/N(c2ccccc2)c2ccccc2)cc1. The highest BCUT2D eigenvalue weighted by Crippen LogP contribution is 2.29. The number of alkyl halides is 3. The molecule has 2 nitrogen and oxygen atoms in total. The van der Waals surface area contributed by atoms with Gasteiger partial charge in [0.25, 0.3) is 0 Å². The number of para-hydroxylation sites is 2. The molecule has 3 aromatic rings. The van der Waals surface area contributed by atoms with Gasteiger partial charge in [0.1, 0.15) is 0 Å². The van der Waals surface area contributed by atoms with Gasteiger partial charge in [0.2, 0.25) is 0 Å². The van der Waals surface area contributed by atoms with E-state index in [0.717, 1.165) is 29.1 Å². The number of halogens is 3. The zero-order valence-corrected chi connectivity index (χ0v) is 13.9. The van der Waals surface area contributed by atoms with Crippen LogP contribution in [0.25, 0.3) is 0 Å². The maximum Gasteiger partial charge on any atom is 0.416 e. The van der Waals surface area contributed by atoms with Crippen molar-refractivity contribution in [1.29, 1.82) is 0 Å². The summed E-state index contributed by atoms with van der Waals surface area (Å²) in [5.74, 6) is 0.